The molecule has 3 rings (SSSR count). The van der Waals surface area contributed by atoms with Crippen molar-refractivity contribution in [1.82, 2.24) is 4.90 Å². The van der Waals surface area contributed by atoms with Crippen LogP contribution in [0.5, 0.6) is 11.5 Å². The van der Waals surface area contributed by atoms with E-state index in [9.17, 15) is 4.79 Å². The molecule has 30 heavy (non-hydrogen) atoms. The van der Waals surface area contributed by atoms with Crippen LogP contribution in [0.15, 0.2) is 60.0 Å². The zero-order valence-electron chi connectivity index (χ0n) is 16.6. The van der Waals surface area contributed by atoms with Crippen LogP contribution in [0.1, 0.15) is 17.5 Å². The Morgan fingerprint density at radius 3 is 2.47 bits per heavy atom. The molecule has 2 aromatic rings. The molecule has 0 radical (unpaired) electrons. The van der Waals surface area contributed by atoms with Crippen LogP contribution in [-0.2, 0) is 4.79 Å². The van der Waals surface area contributed by atoms with Crippen LogP contribution in [0, 0.1) is 6.92 Å². The van der Waals surface area contributed by atoms with Gasteiger partial charge in [0.1, 0.15) is 15.8 Å². The molecule has 1 aliphatic rings. The zero-order valence-corrected chi connectivity index (χ0v) is 19.0. The lowest BCUT2D eigenvalue weighted by Gasteiger charge is -2.10. The molecule has 0 saturated carbocycles. The van der Waals surface area contributed by atoms with Gasteiger partial charge in [0.2, 0.25) is 0 Å². The van der Waals surface area contributed by atoms with E-state index in [0.717, 1.165) is 34.1 Å². The third-order valence-corrected chi connectivity index (χ3v) is 6.12. The molecular weight excluding hydrogens is 438 g/mol. The summed E-state index contributed by atoms with van der Waals surface area (Å²) in [6, 6.07) is 13.2. The number of nitrogens with zero attached hydrogens (tertiary/aromatic N) is 1. The van der Waals surface area contributed by atoms with Crippen LogP contribution in [0.25, 0.3) is 6.08 Å². The number of benzene rings is 2. The van der Waals surface area contributed by atoms with E-state index in [1.807, 2.05) is 55.5 Å². The highest BCUT2D eigenvalue weighted by Gasteiger charge is 2.30. The number of hydrogen-bond acceptors (Lipinski definition) is 5. The van der Waals surface area contributed by atoms with Crippen LogP contribution in [0.3, 0.4) is 0 Å². The molecule has 0 bridgehead atoms. The fourth-order valence-electron chi connectivity index (χ4n) is 2.74. The van der Waals surface area contributed by atoms with Crippen molar-refractivity contribution >= 4 is 51.9 Å². The van der Waals surface area contributed by atoms with Gasteiger partial charge in [-0.1, -0.05) is 53.8 Å². The highest BCUT2D eigenvalue weighted by atomic mass is 35.5. The first-order chi connectivity index (χ1) is 14.5. The Morgan fingerprint density at radius 1 is 1.13 bits per heavy atom. The van der Waals surface area contributed by atoms with E-state index in [2.05, 4.69) is 6.58 Å². The zero-order chi connectivity index (χ0) is 21.5. The van der Waals surface area contributed by atoms with Crippen LogP contribution in [0.2, 0.25) is 5.02 Å². The van der Waals surface area contributed by atoms with E-state index in [1.165, 1.54) is 11.8 Å². The third-order valence-electron chi connectivity index (χ3n) is 4.32. The summed E-state index contributed by atoms with van der Waals surface area (Å²) in [6.07, 6.45) is 4.27. The van der Waals surface area contributed by atoms with E-state index in [0.29, 0.717) is 29.0 Å². The van der Waals surface area contributed by atoms with Crippen molar-refractivity contribution in [2.24, 2.45) is 0 Å². The second-order valence-corrected chi connectivity index (χ2v) is 8.69. The number of carbonyl (C=O) groups excluding carboxylic acids is 1. The average molecular weight is 460 g/mol. The van der Waals surface area contributed by atoms with Crippen molar-refractivity contribution in [2.75, 3.05) is 19.8 Å². The van der Waals surface area contributed by atoms with Crippen molar-refractivity contribution < 1.29 is 14.3 Å². The highest BCUT2D eigenvalue weighted by molar-refractivity contribution is 8.26. The summed E-state index contributed by atoms with van der Waals surface area (Å²) in [5, 5.41) is 0.734. The molecule has 7 heteroatoms. The molecule has 0 unspecified atom stereocenters. The van der Waals surface area contributed by atoms with Gasteiger partial charge in [0.05, 0.1) is 18.1 Å². The maximum absolute atomic E-state index is 12.4. The van der Waals surface area contributed by atoms with Gasteiger partial charge in [-0.2, -0.15) is 0 Å². The second kappa shape index (κ2) is 10.7. The molecule has 156 valence electrons. The summed E-state index contributed by atoms with van der Waals surface area (Å²) in [5.74, 6) is 1.49. The van der Waals surface area contributed by atoms with E-state index >= 15 is 0 Å². The molecule has 1 aliphatic heterocycles. The average Bonchev–Trinajstić information content (AvgIpc) is 2.99. The predicted octanol–water partition coefficient (Wildman–Crippen LogP) is 5.88. The predicted molar refractivity (Wildman–Crippen MR) is 128 cm³/mol. The SMILES string of the molecule is C=CCN1C(=O)/C(=C\c2ccc(OCCCOc3ccc(Cl)c(C)c3)cc2)SC1=S. The lowest BCUT2D eigenvalue weighted by atomic mass is 10.2. The van der Waals surface area contributed by atoms with Crippen molar-refractivity contribution in [2.45, 2.75) is 13.3 Å². The second-order valence-electron chi connectivity index (χ2n) is 6.61. The van der Waals surface area contributed by atoms with Gasteiger partial charge in [0.15, 0.2) is 0 Å². The molecule has 0 aromatic heterocycles. The smallest absolute Gasteiger partial charge is 0.266 e. The maximum atomic E-state index is 12.4. The Bertz CT molecular complexity index is 973. The van der Waals surface area contributed by atoms with Crippen LogP contribution in [0.4, 0.5) is 0 Å². The molecular formula is C23H22ClNO3S2. The Kier molecular flexibility index (Phi) is 7.96. The van der Waals surface area contributed by atoms with Crippen LogP contribution >= 0.6 is 35.6 Å². The van der Waals surface area contributed by atoms with E-state index in [-0.39, 0.29) is 5.91 Å². The first kappa shape index (κ1) is 22.4. The van der Waals surface area contributed by atoms with E-state index in [1.54, 1.807) is 11.0 Å². The van der Waals surface area contributed by atoms with Crippen molar-refractivity contribution in [3.63, 3.8) is 0 Å². The lowest BCUT2D eigenvalue weighted by Crippen LogP contribution is -2.27. The monoisotopic (exact) mass is 459 g/mol. The van der Waals surface area contributed by atoms with Crippen LogP contribution < -0.4 is 9.47 Å². The normalized spacial score (nSPS) is 15.0. The minimum absolute atomic E-state index is 0.0823. The van der Waals surface area contributed by atoms with Crippen molar-refractivity contribution in [3.05, 3.63) is 76.2 Å². The Labute approximate surface area is 191 Å². The number of halogens is 1. The highest BCUT2D eigenvalue weighted by Crippen LogP contribution is 2.32. The summed E-state index contributed by atoms with van der Waals surface area (Å²) in [6.45, 7) is 7.15. The topological polar surface area (TPSA) is 38.8 Å². The molecule has 4 nitrogen and oxygen atoms in total. The number of thioether (sulfide) groups is 1. The van der Waals surface area contributed by atoms with Crippen molar-refractivity contribution in [3.8, 4) is 11.5 Å². The van der Waals surface area contributed by atoms with Gasteiger partial charge >= 0.3 is 0 Å². The van der Waals surface area contributed by atoms with E-state index in [4.69, 9.17) is 33.3 Å². The summed E-state index contributed by atoms with van der Waals surface area (Å²) in [7, 11) is 0. The minimum atomic E-state index is -0.0823. The fraction of sp³-hybridized carbons (Fsp3) is 0.217. The van der Waals surface area contributed by atoms with Crippen molar-refractivity contribution in [1.29, 1.82) is 0 Å². The first-order valence-corrected chi connectivity index (χ1v) is 11.1. The summed E-state index contributed by atoms with van der Waals surface area (Å²) < 4.78 is 12.0. The first-order valence-electron chi connectivity index (χ1n) is 9.46. The quantitative estimate of drug-likeness (QED) is 0.202. The van der Waals surface area contributed by atoms with Gasteiger partial charge in [-0.15, -0.1) is 6.58 Å². The molecule has 0 spiro atoms. The fourth-order valence-corrected chi connectivity index (χ4v) is 4.14. The Hall–Kier alpha value is -2.28. The van der Waals surface area contributed by atoms with E-state index < -0.39 is 0 Å². The summed E-state index contributed by atoms with van der Waals surface area (Å²) in [5.41, 5.74) is 1.91. The molecule has 0 aliphatic carbocycles. The molecule has 0 N–H and O–H groups in total. The van der Waals surface area contributed by atoms with Gasteiger partial charge in [0.25, 0.3) is 5.91 Å². The number of thiocarbonyl (C=S) groups is 1. The van der Waals surface area contributed by atoms with Gasteiger partial charge < -0.3 is 9.47 Å². The number of carbonyl (C=O) groups is 1. The molecule has 1 saturated heterocycles. The van der Waals surface area contributed by atoms with Gasteiger partial charge in [-0.25, -0.2) is 0 Å². The largest absolute Gasteiger partial charge is 0.493 e. The standard InChI is InChI=1S/C23H22ClNO3S2/c1-3-11-25-22(26)21(30-23(25)29)15-17-5-7-18(8-6-17)27-12-4-13-28-19-9-10-20(24)16(2)14-19/h3,5-10,14-15H,1,4,11-13H2,2H3/b21-15+. The summed E-state index contributed by atoms with van der Waals surface area (Å²) in [4.78, 5) is 14.5. The molecule has 1 heterocycles. The Balaban J connectivity index is 1.45. The molecule has 0 atom stereocenters. The number of amides is 1. The molecule has 1 amide bonds. The third kappa shape index (κ3) is 5.88. The lowest BCUT2D eigenvalue weighted by molar-refractivity contribution is -0.121. The minimum Gasteiger partial charge on any atom is -0.493 e. The van der Waals surface area contributed by atoms with Gasteiger partial charge in [-0.05, 0) is 54.5 Å². The van der Waals surface area contributed by atoms with Gasteiger partial charge in [-0.3, -0.25) is 9.69 Å². The maximum Gasteiger partial charge on any atom is 0.266 e. The number of hydrogen-bond donors (Lipinski definition) is 0. The molecule has 1 fully saturated rings. The number of aryl methyl sites for hydroxylation is 1. The summed E-state index contributed by atoms with van der Waals surface area (Å²) >= 11 is 12.6. The number of ether oxygens (including phenoxy) is 2. The van der Waals surface area contributed by atoms with Crippen LogP contribution in [-0.4, -0.2) is 34.9 Å². The Morgan fingerprint density at radius 2 is 1.80 bits per heavy atom. The molecule has 2 aromatic carbocycles. The van der Waals surface area contributed by atoms with Gasteiger partial charge in [0, 0.05) is 18.0 Å². The number of rotatable bonds is 9.